The highest BCUT2D eigenvalue weighted by molar-refractivity contribution is 6.03. The number of piperidine rings is 1. The van der Waals surface area contributed by atoms with E-state index in [1.807, 2.05) is 0 Å². The number of rotatable bonds is 4. The van der Waals surface area contributed by atoms with Crippen LogP contribution < -0.4 is 25.0 Å². The molecule has 39 heavy (non-hydrogen) atoms. The predicted molar refractivity (Wildman–Crippen MR) is 141 cm³/mol. The number of halogens is 1. The molecule has 10 heteroatoms. The SMILES string of the molecule is CN1C(=O)[C@@H](NC(=O)c2cc(Oc3ccc(F)cc3)ccn2)COc2ccc(C#CC3(O)CCNCC3)cc21. The fourth-order valence-electron chi connectivity index (χ4n) is 4.30. The maximum Gasteiger partial charge on any atom is 0.270 e. The van der Waals surface area contributed by atoms with Crippen molar-refractivity contribution in [2.75, 3.05) is 31.6 Å². The maximum atomic E-state index is 13.3. The third-order valence-electron chi connectivity index (χ3n) is 6.54. The number of hydrogen-bond donors (Lipinski definition) is 3. The third kappa shape index (κ3) is 6.17. The molecule has 0 spiro atoms. The summed E-state index contributed by atoms with van der Waals surface area (Å²) in [5.74, 6) is 5.85. The average molecular weight is 531 g/mol. The number of amides is 2. The lowest BCUT2D eigenvalue weighted by atomic mass is 9.93. The van der Waals surface area contributed by atoms with Crippen molar-refractivity contribution >= 4 is 17.5 Å². The van der Waals surface area contributed by atoms with Crippen molar-refractivity contribution < 1.29 is 28.6 Å². The molecule has 3 aromatic rings. The van der Waals surface area contributed by atoms with Crippen molar-refractivity contribution in [3.8, 4) is 29.1 Å². The lowest BCUT2D eigenvalue weighted by Gasteiger charge is -2.27. The summed E-state index contributed by atoms with van der Waals surface area (Å²) in [6.45, 7) is 1.33. The molecule has 2 amide bonds. The van der Waals surface area contributed by atoms with Crippen LogP contribution in [0.15, 0.2) is 60.8 Å². The van der Waals surface area contributed by atoms with Gasteiger partial charge >= 0.3 is 0 Å². The van der Waals surface area contributed by atoms with E-state index in [1.165, 1.54) is 41.4 Å². The van der Waals surface area contributed by atoms with Crippen molar-refractivity contribution in [2.45, 2.75) is 24.5 Å². The quantitative estimate of drug-likeness (QED) is 0.445. The van der Waals surface area contributed by atoms with E-state index in [4.69, 9.17) is 9.47 Å². The van der Waals surface area contributed by atoms with Crippen LogP contribution in [0.4, 0.5) is 10.1 Å². The zero-order chi connectivity index (χ0) is 27.4. The fourth-order valence-corrected chi connectivity index (χ4v) is 4.30. The molecule has 0 unspecified atom stereocenters. The van der Waals surface area contributed by atoms with Gasteiger partial charge in [-0.3, -0.25) is 14.6 Å². The summed E-state index contributed by atoms with van der Waals surface area (Å²) in [6.07, 6.45) is 2.50. The Morgan fingerprint density at radius 1 is 1.18 bits per heavy atom. The Kier molecular flexibility index (Phi) is 7.45. The van der Waals surface area contributed by atoms with Crippen molar-refractivity contribution in [2.24, 2.45) is 0 Å². The van der Waals surface area contributed by atoms with Gasteiger partial charge in [-0.1, -0.05) is 11.8 Å². The molecule has 1 aromatic heterocycles. The number of nitrogens with zero attached hydrogens (tertiary/aromatic N) is 2. The van der Waals surface area contributed by atoms with E-state index in [9.17, 15) is 19.1 Å². The van der Waals surface area contributed by atoms with Gasteiger partial charge in [-0.25, -0.2) is 4.39 Å². The molecule has 2 aliphatic heterocycles. The molecule has 1 saturated heterocycles. The van der Waals surface area contributed by atoms with Crippen LogP contribution in [0.2, 0.25) is 0 Å². The Morgan fingerprint density at radius 3 is 2.72 bits per heavy atom. The van der Waals surface area contributed by atoms with Gasteiger partial charge in [0, 0.05) is 24.9 Å². The Balaban J connectivity index is 1.28. The van der Waals surface area contributed by atoms with Gasteiger partial charge in [0.1, 0.15) is 47.0 Å². The first-order valence-electron chi connectivity index (χ1n) is 12.5. The molecule has 2 aliphatic rings. The van der Waals surface area contributed by atoms with Gasteiger partial charge in [-0.05, 0) is 74.5 Å². The third-order valence-corrected chi connectivity index (χ3v) is 6.54. The molecular weight excluding hydrogens is 503 g/mol. The monoisotopic (exact) mass is 530 g/mol. The second-order valence-corrected chi connectivity index (χ2v) is 9.38. The summed E-state index contributed by atoms with van der Waals surface area (Å²) < 4.78 is 24.7. The Labute approximate surface area is 225 Å². The number of benzene rings is 2. The second kappa shape index (κ2) is 11.1. The molecule has 3 heterocycles. The second-order valence-electron chi connectivity index (χ2n) is 9.38. The summed E-state index contributed by atoms with van der Waals surface area (Å²) in [5, 5.41) is 16.5. The molecule has 5 rings (SSSR count). The number of hydrogen-bond acceptors (Lipinski definition) is 7. The summed E-state index contributed by atoms with van der Waals surface area (Å²) in [4.78, 5) is 31.7. The maximum absolute atomic E-state index is 13.3. The van der Waals surface area contributed by atoms with Crippen LogP contribution >= 0.6 is 0 Å². The van der Waals surface area contributed by atoms with Crippen LogP contribution in [0.25, 0.3) is 0 Å². The first kappa shape index (κ1) is 26.2. The minimum absolute atomic E-state index is 0.0419. The largest absolute Gasteiger partial charge is 0.489 e. The molecule has 0 radical (unpaired) electrons. The smallest absolute Gasteiger partial charge is 0.270 e. The van der Waals surface area contributed by atoms with Crippen molar-refractivity contribution in [1.82, 2.24) is 15.6 Å². The molecule has 0 saturated carbocycles. The molecule has 0 bridgehead atoms. The predicted octanol–water partition coefficient (Wildman–Crippen LogP) is 2.63. The van der Waals surface area contributed by atoms with Crippen molar-refractivity contribution in [1.29, 1.82) is 0 Å². The van der Waals surface area contributed by atoms with Crippen LogP contribution in [-0.2, 0) is 4.79 Å². The molecule has 2 aromatic carbocycles. The zero-order valence-corrected chi connectivity index (χ0v) is 21.2. The average Bonchev–Trinajstić information content (AvgIpc) is 3.06. The number of carbonyl (C=O) groups excluding carboxylic acids is 2. The van der Waals surface area contributed by atoms with E-state index >= 15 is 0 Å². The number of likely N-dealkylation sites (N-methyl/N-ethyl adjacent to an activating group) is 1. The molecule has 3 N–H and O–H groups in total. The Bertz CT molecular complexity index is 1440. The number of nitrogens with one attached hydrogen (secondary N) is 2. The van der Waals surface area contributed by atoms with E-state index in [2.05, 4.69) is 27.5 Å². The number of pyridine rings is 1. The van der Waals surface area contributed by atoms with E-state index in [-0.39, 0.29) is 24.0 Å². The van der Waals surface area contributed by atoms with Crippen molar-refractivity contribution in [3.05, 3.63) is 77.9 Å². The highest BCUT2D eigenvalue weighted by atomic mass is 19.1. The number of carbonyl (C=O) groups is 2. The van der Waals surface area contributed by atoms with Gasteiger partial charge in [0.2, 0.25) is 0 Å². The van der Waals surface area contributed by atoms with Gasteiger partial charge in [0.15, 0.2) is 0 Å². The van der Waals surface area contributed by atoms with Gasteiger partial charge in [0.05, 0.1) is 5.69 Å². The van der Waals surface area contributed by atoms with Crippen LogP contribution in [0, 0.1) is 17.7 Å². The minimum Gasteiger partial charge on any atom is -0.489 e. The van der Waals surface area contributed by atoms with Crippen LogP contribution in [-0.4, -0.2) is 60.3 Å². The Morgan fingerprint density at radius 2 is 1.95 bits per heavy atom. The fraction of sp³-hybridized carbons (Fsp3) is 0.276. The van der Waals surface area contributed by atoms with Gasteiger partial charge < -0.3 is 30.1 Å². The number of anilines is 1. The molecular formula is C29H27FN4O5. The van der Waals surface area contributed by atoms with Crippen LogP contribution in [0.1, 0.15) is 28.9 Å². The van der Waals surface area contributed by atoms with E-state index in [0.29, 0.717) is 54.4 Å². The summed E-state index contributed by atoms with van der Waals surface area (Å²) in [7, 11) is 1.60. The molecule has 0 aliphatic carbocycles. The van der Waals surface area contributed by atoms with Gasteiger partial charge in [0.25, 0.3) is 11.8 Å². The normalized spacial score (nSPS) is 18.1. The van der Waals surface area contributed by atoms with Crippen LogP contribution in [0.5, 0.6) is 17.2 Å². The van der Waals surface area contributed by atoms with E-state index in [1.54, 1.807) is 31.3 Å². The number of ether oxygens (including phenoxy) is 2. The highest BCUT2D eigenvalue weighted by Crippen LogP contribution is 2.32. The summed E-state index contributed by atoms with van der Waals surface area (Å²) in [5.41, 5.74) is 0.142. The summed E-state index contributed by atoms with van der Waals surface area (Å²) >= 11 is 0. The number of aliphatic hydroxyl groups is 1. The standard InChI is InChI=1S/C29H27FN4O5/c1-34-25-16-19(8-10-29(37)11-14-31-15-12-29)2-7-26(25)38-18-24(28(34)36)33-27(35)23-17-22(9-13-32-23)39-21-5-3-20(30)4-6-21/h2-7,9,13,16-17,24,31,37H,11-12,14-15,18H2,1H3,(H,33,35)/t24-/m0/s1. The summed E-state index contributed by atoms with van der Waals surface area (Å²) in [6, 6.07) is 12.7. The van der Waals surface area contributed by atoms with E-state index < -0.39 is 17.6 Å². The topological polar surface area (TPSA) is 113 Å². The Hall–Kier alpha value is -4.46. The molecule has 1 atom stereocenters. The minimum atomic E-state index is -1.04. The zero-order valence-electron chi connectivity index (χ0n) is 21.2. The van der Waals surface area contributed by atoms with Crippen molar-refractivity contribution in [3.63, 3.8) is 0 Å². The van der Waals surface area contributed by atoms with Crippen LogP contribution in [0.3, 0.4) is 0 Å². The lowest BCUT2D eigenvalue weighted by Crippen LogP contribution is -2.49. The number of aromatic nitrogens is 1. The number of fused-ring (bicyclic) bond motifs is 1. The first-order valence-corrected chi connectivity index (χ1v) is 12.5. The lowest BCUT2D eigenvalue weighted by molar-refractivity contribution is -0.120. The highest BCUT2D eigenvalue weighted by Gasteiger charge is 2.31. The molecule has 1 fully saturated rings. The molecule has 200 valence electrons. The first-order chi connectivity index (χ1) is 18.8. The van der Waals surface area contributed by atoms with E-state index in [0.717, 1.165) is 0 Å². The van der Waals surface area contributed by atoms with Gasteiger partial charge in [-0.15, -0.1) is 0 Å². The van der Waals surface area contributed by atoms with Gasteiger partial charge in [-0.2, -0.15) is 0 Å². The molecule has 9 nitrogen and oxygen atoms in total.